The fourth-order valence-electron chi connectivity index (χ4n) is 2.67. The lowest BCUT2D eigenvalue weighted by Gasteiger charge is -2.21. The number of thioether (sulfide) groups is 1. The second-order valence-corrected chi connectivity index (χ2v) is 8.59. The van der Waals surface area contributed by atoms with E-state index in [4.69, 9.17) is 0 Å². The number of thiazole rings is 1. The third kappa shape index (κ3) is 5.27. The van der Waals surface area contributed by atoms with Crippen LogP contribution in [0.25, 0.3) is 10.2 Å². The Kier molecular flexibility index (Phi) is 6.98. The third-order valence-electron chi connectivity index (χ3n) is 4.03. The molecule has 3 aromatic rings. The van der Waals surface area contributed by atoms with Crippen molar-refractivity contribution in [1.82, 2.24) is 9.88 Å². The summed E-state index contributed by atoms with van der Waals surface area (Å²) in [4.78, 5) is 21.8. The smallest absolute Gasteiger partial charge is 0.239 e. The van der Waals surface area contributed by atoms with Crippen LogP contribution in [0, 0.1) is 11.6 Å². The van der Waals surface area contributed by atoms with Gasteiger partial charge in [-0.15, -0.1) is 11.8 Å². The number of hydrogen-bond donors (Lipinski definition) is 0. The van der Waals surface area contributed by atoms with Gasteiger partial charge in [-0.1, -0.05) is 29.5 Å². The van der Waals surface area contributed by atoms with E-state index in [2.05, 4.69) is 4.98 Å². The van der Waals surface area contributed by atoms with Crippen LogP contribution in [0.15, 0.2) is 47.4 Å². The first kappa shape index (κ1) is 20.7. The molecule has 0 spiro atoms. The van der Waals surface area contributed by atoms with Crippen LogP contribution in [0.4, 0.5) is 13.9 Å². The van der Waals surface area contributed by atoms with Gasteiger partial charge in [-0.2, -0.15) is 0 Å². The SMILES string of the molecule is CN(C)CCCN(C(=O)CSc1ccccc1)c1nc2c(F)cc(F)cc2s1. The van der Waals surface area contributed by atoms with Crippen LogP contribution in [0.3, 0.4) is 0 Å². The quantitative estimate of drug-likeness (QED) is 0.496. The van der Waals surface area contributed by atoms with E-state index in [0.29, 0.717) is 16.4 Å². The molecule has 0 saturated heterocycles. The number of halogens is 2. The maximum Gasteiger partial charge on any atom is 0.239 e. The number of amides is 1. The number of nitrogens with zero attached hydrogens (tertiary/aromatic N) is 3. The zero-order valence-corrected chi connectivity index (χ0v) is 17.3. The Morgan fingerprint density at radius 3 is 2.61 bits per heavy atom. The molecule has 1 heterocycles. The number of benzene rings is 2. The van der Waals surface area contributed by atoms with Crippen molar-refractivity contribution in [3.05, 3.63) is 54.1 Å². The minimum absolute atomic E-state index is 0.0996. The van der Waals surface area contributed by atoms with Gasteiger partial charge in [0.1, 0.15) is 11.3 Å². The van der Waals surface area contributed by atoms with Gasteiger partial charge in [0.05, 0.1) is 10.5 Å². The monoisotopic (exact) mass is 421 g/mol. The highest BCUT2D eigenvalue weighted by molar-refractivity contribution is 8.00. The Morgan fingerprint density at radius 2 is 1.89 bits per heavy atom. The second kappa shape index (κ2) is 9.45. The molecule has 0 aliphatic carbocycles. The summed E-state index contributed by atoms with van der Waals surface area (Å²) in [5.74, 6) is -1.21. The number of hydrogen-bond acceptors (Lipinski definition) is 5. The maximum atomic E-state index is 14.0. The molecular formula is C20H21F2N3OS2. The van der Waals surface area contributed by atoms with Crippen LogP contribution in [-0.2, 0) is 4.79 Å². The number of carbonyl (C=O) groups excluding carboxylic acids is 1. The summed E-state index contributed by atoms with van der Waals surface area (Å²) < 4.78 is 28.0. The largest absolute Gasteiger partial charge is 0.309 e. The van der Waals surface area contributed by atoms with E-state index in [1.54, 1.807) is 4.90 Å². The summed E-state index contributed by atoms with van der Waals surface area (Å²) in [5, 5.41) is 0.400. The minimum Gasteiger partial charge on any atom is -0.309 e. The lowest BCUT2D eigenvalue weighted by molar-refractivity contribution is -0.116. The minimum atomic E-state index is -0.711. The maximum absolute atomic E-state index is 14.0. The van der Waals surface area contributed by atoms with Gasteiger partial charge in [0.25, 0.3) is 0 Å². The van der Waals surface area contributed by atoms with E-state index in [0.717, 1.165) is 35.3 Å². The lowest BCUT2D eigenvalue weighted by Crippen LogP contribution is -2.34. The molecule has 0 fully saturated rings. The zero-order valence-electron chi connectivity index (χ0n) is 15.7. The summed E-state index contributed by atoms with van der Waals surface area (Å²) in [6.07, 6.45) is 0.752. The molecule has 0 radical (unpaired) electrons. The molecule has 28 heavy (non-hydrogen) atoms. The van der Waals surface area contributed by atoms with Crippen molar-refractivity contribution in [3.8, 4) is 0 Å². The summed E-state index contributed by atoms with van der Waals surface area (Å²) in [5.41, 5.74) is 0.0996. The van der Waals surface area contributed by atoms with Gasteiger partial charge in [0.15, 0.2) is 10.9 Å². The number of anilines is 1. The molecule has 0 saturated carbocycles. The van der Waals surface area contributed by atoms with Crippen LogP contribution in [0.2, 0.25) is 0 Å². The van der Waals surface area contributed by atoms with Crippen LogP contribution in [0.1, 0.15) is 6.42 Å². The van der Waals surface area contributed by atoms with Crippen LogP contribution in [0.5, 0.6) is 0 Å². The summed E-state index contributed by atoms with van der Waals surface area (Å²) >= 11 is 2.58. The summed E-state index contributed by atoms with van der Waals surface area (Å²) in [6, 6.07) is 11.7. The molecule has 8 heteroatoms. The molecule has 1 amide bonds. The number of fused-ring (bicyclic) bond motifs is 1. The average Bonchev–Trinajstić information content (AvgIpc) is 3.08. The molecule has 2 aromatic carbocycles. The molecule has 0 aliphatic heterocycles. The second-order valence-electron chi connectivity index (χ2n) is 6.53. The van der Waals surface area contributed by atoms with Crippen LogP contribution < -0.4 is 4.90 Å². The van der Waals surface area contributed by atoms with E-state index in [-0.39, 0.29) is 17.2 Å². The van der Waals surface area contributed by atoms with Crippen molar-refractivity contribution in [1.29, 1.82) is 0 Å². The van der Waals surface area contributed by atoms with E-state index in [1.807, 2.05) is 49.3 Å². The summed E-state index contributed by atoms with van der Waals surface area (Å²) in [6.45, 7) is 1.28. The number of aromatic nitrogens is 1. The zero-order chi connectivity index (χ0) is 20.1. The number of carbonyl (C=O) groups is 1. The van der Waals surface area contributed by atoms with E-state index in [9.17, 15) is 13.6 Å². The molecule has 4 nitrogen and oxygen atoms in total. The van der Waals surface area contributed by atoms with Crippen molar-refractivity contribution in [2.24, 2.45) is 0 Å². The fourth-order valence-corrected chi connectivity index (χ4v) is 4.52. The standard InChI is InChI=1S/C20H21F2N3OS2/c1-24(2)9-6-10-25(18(26)13-27-15-7-4-3-5-8-15)20-23-19-16(22)11-14(21)12-17(19)28-20/h3-5,7-8,11-12H,6,9-10,13H2,1-2H3. The molecular weight excluding hydrogens is 400 g/mol. The van der Waals surface area contributed by atoms with Gasteiger partial charge in [0, 0.05) is 17.5 Å². The molecule has 0 aliphatic rings. The first-order valence-corrected chi connectivity index (χ1v) is 10.6. The summed E-state index contributed by atoms with van der Waals surface area (Å²) in [7, 11) is 3.93. The van der Waals surface area contributed by atoms with Gasteiger partial charge in [-0.25, -0.2) is 13.8 Å². The molecule has 3 rings (SSSR count). The molecule has 0 unspecified atom stereocenters. The molecule has 0 N–H and O–H groups in total. The third-order valence-corrected chi connectivity index (χ3v) is 6.05. The highest BCUT2D eigenvalue weighted by Gasteiger charge is 2.21. The van der Waals surface area contributed by atoms with Crippen LogP contribution >= 0.6 is 23.1 Å². The van der Waals surface area contributed by atoms with Crippen molar-refractivity contribution in [2.45, 2.75) is 11.3 Å². The van der Waals surface area contributed by atoms with Crippen molar-refractivity contribution < 1.29 is 13.6 Å². The fraction of sp³-hybridized carbons (Fsp3) is 0.300. The lowest BCUT2D eigenvalue weighted by atomic mass is 10.3. The topological polar surface area (TPSA) is 36.4 Å². The predicted molar refractivity (Wildman–Crippen MR) is 112 cm³/mol. The van der Waals surface area contributed by atoms with Gasteiger partial charge in [-0.3, -0.25) is 9.69 Å². The first-order chi connectivity index (χ1) is 13.4. The first-order valence-electron chi connectivity index (χ1n) is 8.82. The van der Waals surface area contributed by atoms with E-state index in [1.165, 1.54) is 17.8 Å². The Morgan fingerprint density at radius 1 is 1.14 bits per heavy atom. The highest BCUT2D eigenvalue weighted by Crippen LogP contribution is 2.32. The average molecular weight is 422 g/mol. The normalized spacial score (nSPS) is 11.3. The Bertz CT molecular complexity index is 947. The Hall–Kier alpha value is -2.03. The number of rotatable bonds is 8. The van der Waals surface area contributed by atoms with Gasteiger partial charge in [-0.05, 0) is 45.3 Å². The highest BCUT2D eigenvalue weighted by atomic mass is 32.2. The molecule has 148 valence electrons. The van der Waals surface area contributed by atoms with Crippen molar-refractivity contribution in [2.75, 3.05) is 37.8 Å². The van der Waals surface area contributed by atoms with Crippen molar-refractivity contribution in [3.63, 3.8) is 0 Å². The molecule has 0 bridgehead atoms. The van der Waals surface area contributed by atoms with E-state index < -0.39 is 11.6 Å². The predicted octanol–water partition coefficient (Wildman–Crippen LogP) is 4.65. The Balaban J connectivity index is 1.81. The van der Waals surface area contributed by atoms with Gasteiger partial charge >= 0.3 is 0 Å². The Labute approximate surface area is 171 Å². The van der Waals surface area contributed by atoms with Crippen LogP contribution in [-0.4, -0.2) is 48.7 Å². The van der Waals surface area contributed by atoms with Crippen molar-refractivity contribution >= 4 is 44.4 Å². The molecule has 0 atom stereocenters. The van der Waals surface area contributed by atoms with E-state index >= 15 is 0 Å². The van der Waals surface area contributed by atoms with Gasteiger partial charge in [0.2, 0.25) is 5.91 Å². The molecule has 1 aromatic heterocycles. The van der Waals surface area contributed by atoms with Gasteiger partial charge < -0.3 is 4.90 Å².